The van der Waals surface area contributed by atoms with Crippen molar-refractivity contribution in [3.05, 3.63) is 39.4 Å². The average molecular weight is 496 g/mol. The molecule has 1 atom stereocenters. The molecule has 0 unspecified atom stereocenters. The van der Waals surface area contributed by atoms with E-state index in [2.05, 4.69) is 20.6 Å². The quantitative estimate of drug-likeness (QED) is 0.516. The molecular weight excluding hydrogens is 466 g/mol. The number of aryl methyl sites for hydroxylation is 2. The minimum absolute atomic E-state index is 0.163. The van der Waals surface area contributed by atoms with Gasteiger partial charge in [-0.1, -0.05) is 6.07 Å². The van der Waals surface area contributed by atoms with Gasteiger partial charge in [0.2, 0.25) is 10.0 Å². The predicted molar refractivity (Wildman–Crippen MR) is 126 cm³/mol. The molecule has 12 heteroatoms. The SMILES string of the molecule is Cc1cc(C)c(C)c(S(=O)(=O)N[C@@H](C)C(=O)NNC(=O)c2csc(N3CCOCC3)n2)c1C. The van der Waals surface area contributed by atoms with Crippen LogP contribution in [0.25, 0.3) is 0 Å². The molecule has 1 fully saturated rings. The summed E-state index contributed by atoms with van der Waals surface area (Å²) in [5.74, 6) is -1.29. The summed E-state index contributed by atoms with van der Waals surface area (Å²) in [6, 6.07) is 0.812. The van der Waals surface area contributed by atoms with Gasteiger partial charge in [0.05, 0.1) is 24.2 Å². The number of ether oxygens (including phenoxy) is 1. The lowest BCUT2D eigenvalue weighted by Crippen LogP contribution is -2.51. The van der Waals surface area contributed by atoms with Gasteiger partial charge in [-0.2, -0.15) is 4.72 Å². The molecule has 2 heterocycles. The molecule has 0 radical (unpaired) electrons. The van der Waals surface area contributed by atoms with Crippen molar-refractivity contribution < 1.29 is 22.7 Å². The summed E-state index contributed by atoms with van der Waals surface area (Å²) in [6.45, 7) is 11.2. The van der Waals surface area contributed by atoms with E-state index in [0.717, 1.165) is 11.1 Å². The normalized spacial score (nSPS) is 15.2. The summed E-state index contributed by atoms with van der Waals surface area (Å²) in [4.78, 5) is 31.3. The first kappa shape index (κ1) is 25.1. The van der Waals surface area contributed by atoms with Crippen LogP contribution >= 0.6 is 11.3 Å². The van der Waals surface area contributed by atoms with Crippen LogP contribution in [0.4, 0.5) is 5.13 Å². The van der Waals surface area contributed by atoms with Crippen LogP contribution in [0.2, 0.25) is 0 Å². The molecule has 3 N–H and O–H groups in total. The summed E-state index contributed by atoms with van der Waals surface area (Å²) in [5, 5.41) is 2.31. The standard InChI is InChI=1S/C21H29N5O5S2/c1-12-10-13(2)15(4)18(14(12)3)33(29,30)25-16(5)19(27)23-24-20(28)17-11-32-21(22-17)26-6-8-31-9-7-26/h10-11,16,25H,6-9H2,1-5H3,(H,23,27)(H,24,28)/t16-/m0/s1. The monoisotopic (exact) mass is 495 g/mol. The van der Waals surface area contributed by atoms with E-state index < -0.39 is 27.9 Å². The molecule has 1 aromatic heterocycles. The van der Waals surface area contributed by atoms with Crippen molar-refractivity contribution in [1.82, 2.24) is 20.6 Å². The number of sulfonamides is 1. The van der Waals surface area contributed by atoms with Crippen molar-refractivity contribution >= 4 is 38.3 Å². The number of thiazole rings is 1. The van der Waals surface area contributed by atoms with E-state index in [-0.39, 0.29) is 10.6 Å². The molecule has 2 amide bonds. The van der Waals surface area contributed by atoms with Gasteiger partial charge >= 0.3 is 0 Å². The van der Waals surface area contributed by atoms with Gasteiger partial charge in [0.1, 0.15) is 5.69 Å². The van der Waals surface area contributed by atoms with Crippen LogP contribution in [0, 0.1) is 27.7 Å². The lowest BCUT2D eigenvalue weighted by molar-refractivity contribution is -0.123. The summed E-state index contributed by atoms with van der Waals surface area (Å²) in [5.41, 5.74) is 7.68. The first-order valence-corrected chi connectivity index (χ1v) is 12.9. The number of benzene rings is 1. The number of hydrogen-bond acceptors (Lipinski definition) is 8. The minimum atomic E-state index is -3.96. The van der Waals surface area contributed by atoms with Crippen LogP contribution in [0.3, 0.4) is 0 Å². The summed E-state index contributed by atoms with van der Waals surface area (Å²) in [7, 11) is -3.96. The topological polar surface area (TPSA) is 130 Å². The number of rotatable bonds is 6. The number of nitrogens with zero attached hydrogens (tertiary/aromatic N) is 2. The second-order valence-corrected chi connectivity index (χ2v) is 10.5. The van der Waals surface area contributed by atoms with Crippen LogP contribution < -0.4 is 20.5 Å². The molecule has 1 aliphatic rings. The zero-order valence-electron chi connectivity index (χ0n) is 19.3. The molecule has 3 rings (SSSR count). The molecule has 0 spiro atoms. The van der Waals surface area contributed by atoms with E-state index in [4.69, 9.17) is 4.74 Å². The van der Waals surface area contributed by atoms with E-state index in [1.165, 1.54) is 18.3 Å². The highest BCUT2D eigenvalue weighted by Crippen LogP contribution is 2.26. The first-order chi connectivity index (χ1) is 15.5. The Kier molecular flexibility index (Phi) is 7.73. The Hall–Kier alpha value is -2.54. The van der Waals surface area contributed by atoms with Gasteiger partial charge in [0, 0.05) is 18.5 Å². The Morgan fingerprint density at radius 1 is 1.09 bits per heavy atom. The number of anilines is 1. The van der Waals surface area contributed by atoms with Crippen molar-refractivity contribution in [2.24, 2.45) is 0 Å². The molecule has 0 bridgehead atoms. The van der Waals surface area contributed by atoms with Crippen molar-refractivity contribution in [2.45, 2.75) is 45.6 Å². The smallest absolute Gasteiger partial charge is 0.289 e. The number of aromatic nitrogens is 1. The zero-order valence-corrected chi connectivity index (χ0v) is 20.9. The minimum Gasteiger partial charge on any atom is -0.378 e. The zero-order chi connectivity index (χ0) is 24.3. The van der Waals surface area contributed by atoms with E-state index in [1.807, 2.05) is 24.8 Å². The maximum atomic E-state index is 13.0. The van der Waals surface area contributed by atoms with E-state index >= 15 is 0 Å². The Bertz CT molecular complexity index is 1130. The molecule has 0 saturated carbocycles. The third-order valence-electron chi connectivity index (χ3n) is 5.60. The van der Waals surface area contributed by atoms with Gasteiger partial charge in [-0.25, -0.2) is 13.4 Å². The van der Waals surface area contributed by atoms with Gasteiger partial charge in [0.15, 0.2) is 5.13 Å². The van der Waals surface area contributed by atoms with Gasteiger partial charge in [0.25, 0.3) is 11.8 Å². The van der Waals surface area contributed by atoms with Crippen LogP contribution in [-0.4, -0.2) is 57.6 Å². The molecule has 1 aromatic carbocycles. The number of amides is 2. The van der Waals surface area contributed by atoms with Crippen LogP contribution in [0.15, 0.2) is 16.3 Å². The predicted octanol–water partition coefficient (Wildman–Crippen LogP) is 1.34. The molecule has 33 heavy (non-hydrogen) atoms. The Labute approximate surface area is 197 Å². The molecule has 0 aliphatic carbocycles. The molecular formula is C21H29N5O5S2. The summed E-state index contributed by atoms with van der Waals surface area (Å²) >= 11 is 1.33. The largest absolute Gasteiger partial charge is 0.378 e. The highest BCUT2D eigenvalue weighted by Gasteiger charge is 2.27. The number of morpholine rings is 1. The fourth-order valence-corrected chi connectivity index (χ4v) is 6.17. The van der Waals surface area contributed by atoms with Crippen LogP contribution in [0.1, 0.15) is 39.7 Å². The number of hydrogen-bond donors (Lipinski definition) is 3. The maximum absolute atomic E-state index is 13.0. The molecule has 10 nitrogen and oxygen atoms in total. The molecule has 180 valence electrons. The molecule has 1 saturated heterocycles. The van der Waals surface area contributed by atoms with Crippen molar-refractivity contribution in [2.75, 3.05) is 31.2 Å². The number of nitrogens with one attached hydrogen (secondary N) is 3. The van der Waals surface area contributed by atoms with E-state index in [0.29, 0.717) is 42.6 Å². The number of carbonyl (C=O) groups excluding carboxylic acids is 2. The van der Waals surface area contributed by atoms with Gasteiger partial charge < -0.3 is 9.64 Å². The maximum Gasteiger partial charge on any atom is 0.289 e. The van der Waals surface area contributed by atoms with E-state index in [9.17, 15) is 18.0 Å². The second kappa shape index (κ2) is 10.2. The van der Waals surface area contributed by atoms with Crippen LogP contribution in [-0.2, 0) is 19.6 Å². The molecule has 1 aliphatic heterocycles. The lowest BCUT2D eigenvalue weighted by atomic mass is 10.0. The van der Waals surface area contributed by atoms with Crippen molar-refractivity contribution in [3.8, 4) is 0 Å². The Morgan fingerprint density at radius 3 is 2.30 bits per heavy atom. The first-order valence-electron chi connectivity index (χ1n) is 10.5. The van der Waals surface area contributed by atoms with Crippen molar-refractivity contribution in [3.63, 3.8) is 0 Å². The average Bonchev–Trinajstić information content (AvgIpc) is 3.26. The third kappa shape index (κ3) is 5.69. The fourth-order valence-electron chi connectivity index (χ4n) is 3.49. The highest BCUT2D eigenvalue weighted by atomic mass is 32.2. The summed E-state index contributed by atoms with van der Waals surface area (Å²) < 4.78 is 33.7. The fraction of sp³-hybridized carbons (Fsp3) is 0.476. The van der Waals surface area contributed by atoms with Crippen LogP contribution in [0.5, 0.6) is 0 Å². The highest BCUT2D eigenvalue weighted by molar-refractivity contribution is 7.89. The number of hydrazine groups is 1. The Morgan fingerprint density at radius 2 is 1.70 bits per heavy atom. The summed E-state index contributed by atoms with van der Waals surface area (Å²) in [6.07, 6.45) is 0. The van der Waals surface area contributed by atoms with E-state index in [1.54, 1.807) is 19.2 Å². The second-order valence-electron chi connectivity index (χ2n) is 7.99. The van der Waals surface area contributed by atoms with Gasteiger partial charge in [-0.05, 0) is 56.9 Å². The van der Waals surface area contributed by atoms with Crippen molar-refractivity contribution in [1.29, 1.82) is 0 Å². The molecule has 2 aromatic rings. The number of carbonyl (C=O) groups is 2. The van der Waals surface area contributed by atoms with Gasteiger partial charge in [-0.3, -0.25) is 20.4 Å². The lowest BCUT2D eigenvalue weighted by Gasteiger charge is -2.25. The Balaban J connectivity index is 1.61. The third-order valence-corrected chi connectivity index (χ3v) is 8.31. The van der Waals surface area contributed by atoms with Gasteiger partial charge in [-0.15, -0.1) is 11.3 Å².